The van der Waals surface area contributed by atoms with E-state index in [2.05, 4.69) is 4.74 Å². The second-order valence-corrected chi connectivity index (χ2v) is 5.12. The smallest absolute Gasteiger partial charge is 0.344 e. The number of ether oxygens (including phenoxy) is 3. The van der Waals surface area contributed by atoms with Gasteiger partial charge in [0.25, 0.3) is 11.7 Å². The minimum absolute atomic E-state index is 0.231. The van der Waals surface area contributed by atoms with Gasteiger partial charge in [0.1, 0.15) is 5.57 Å². The minimum Gasteiger partial charge on any atom is -0.493 e. The molecule has 0 saturated heterocycles. The van der Waals surface area contributed by atoms with Crippen molar-refractivity contribution in [2.24, 2.45) is 0 Å². The molecule has 0 bridgehead atoms. The minimum atomic E-state index is -0.838. The number of esters is 1. The van der Waals surface area contributed by atoms with E-state index >= 15 is 0 Å². The summed E-state index contributed by atoms with van der Waals surface area (Å²) in [6.07, 6.45) is 0.548. The summed E-state index contributed by atoms with van der Waals surface area (Å²) in [5.41, 5.74) is 1.53. The molecule has 0 aliphatic carbocycles. The number of nitrogens with zero attached hydrogens (tertiary/aromatic N) is 1. The Morgan fingerprint density at radius 1 is 1.09 bits per heavy atom. The van der Waals surface area contributed by atoms with Gasteiger partial charge in [0, 0.05) is 12.1 Å². The van der Waals surface area contributed by atoms with Gasteiger partial charge < -0.3 is 19.1 Å². The van der Waals surface area contributed by atoms with Crippen LogP contribution < -0.4 is 9.47 Å². The number of carbonyl (C=O) groups is 3. The summed E-state index contributed by atoms with van der Waals surface area (Å²) in [4.78, 5) is 37.6. The summed E-state index contributed by atoms with van der Waals surface area (Å²) in [5, 5.41) is 0. The van der Waals surface area contributed by atoms with E-state index in [9.17, 15) is 14.4 Å². The monoisotopic (exact) mass is 317 g/mol. The molecule has 0 unspecified atom stereocenters. The van der Waals surface area contributed by atoms with E-state index in [1.165, 1.54) is 26.2 Å². The highest BCUT2D eigenvalue weighted by molar-refractivity contribution is 6.54. The number of ketones is 1. The number of Topliss-reactive ketones (excluding diaryl/α,β-unsaturated/α-hetero) is 1. The first-order valence-electron chi connectivity index (χ1n) is 6.97. The Labute approximate surface area is 132 Å². The van der Waals surface area contributed by atoms with Crippen molar-refractivity contribution in [3.05, 3.63) is 28.8 Å². The lowest BCUT2D eigenvalue weighted by molar-refractivity contribution is -0.142. The molecule has 0 atom stereocenters. The van der Waals surface area contributed by atoms with Gasteiger partial charge in [-0.2, -0.15) is 0 Å². The van der Waals surface area contributed by atoms with Crippen LogP contribution in [0.5, 0.6) is 11.5 Å². The highest BCUT2D eigenvalue weighted by Crippen LogP contribution is 2.41. The molecule has 2 heterocycles. The molecular weight excluding hydrogens is 302 g/mol. The highest BCUT2D eigenvalue weighted by Gasteiger charge is 2.45. The topological polar surface area (TPSA) is 82.1 Å². The molecule has 0 N–H and O–H groups in total. The van der Waals surface area contributed by atoms with Gasteiger partial charge in [-0.1, -0.05) is 0 Å². The lowest BCUT2D eigenvalue weighted by Crippen LogP contribution is -2.33. The number of hydrogen-bond acceptors (Lipinski definition) is 6. The molecule has 2 aliphatic heterocycles. The van der Waals surface area contributed by atoms with E-state index in [1.54, 1.807) is 12.1 Å². The normalized spacial score (nSPS) is 16.2. The molecule has 1 aromatic rings. The van der Waals surface area contributed by atoms with E-state index in [-0.39, 0.29) is 11.3 Å². The first kappa shape index (κ1) is 15.1. The van der Waals surface area contributed by atoms with Crippen LogP contribution in [0, 0.1) is 0 Å². The zero-order valence-corrected chi connectivity index (χ0v) is 13.0. The Kier molecular flexibility index (Phi) is 3.55. The van der Waals surface area contributed by atoms with Gasteiger partial charge in [0.05, 0.1) is 27.0 Å². The van der Waals surface area contributed by atoms with E-state index in [1.807, 2.05) is 0 Å². The van der Waals surface area contributed by atoms with Crippen molar-refractivity contribution in [1.29, 1.82) is 0 Å². The van der Waals surface area contributed by atoms with Crippen LogP contribution in [0.4, 0.5) is 0 Å². The number of amides is 1. The average Bonchev–Trinajstić information content (AvgIpc) is 2.84. The highest BCUT2D eigenvalue weighted by atomic mass is 16.5. The van der Waals surface area contributed by atoms with Crippen molar-refractivity contribution >= 4 is 23.4 Å². The fourth-order valence-corrected chi connectivity index (χ4v) is 2.94. The summed E-state index contributed by atoms with van der Waals surface area (Å²) < 4.78 is 15.2. The fourth-order valence-electron chi connectivity index (χ4n) is 2.94. The molecule has 7 nitrogen and oxygen atoms in total. The number of rotatable bonds is 3. The molecular formula is C16H15NO6. The molecule has 0 fully saturated rings. The van der Waals surface area contributed by atoms with Crippen LogP contribution in [-0.2, 0) is 25.5 Å². The maximum Gasteiger partial charge on any atom is 0.344 e. The molecule has 0 spiro atoms. The van der Waals surface area contributed by atoms with E-state index < -0.39 is 17.7 Å². The summed E-state index contributed by atoms with van der Waals surface area (Å²) >= 11 is 0. The zero-order valence-electron chi connectivity index (χ0n) is 13.0. The van der Waals surface area contributed by atoms with Crippen LogP contribution in [0.2, 0.25) is 0 Å². The van der Waals surface area contributed by atoms with Crippen LogP contribution in [0.3, 0.4) is 0 Å². The van der Waals surface area contributed by atoms with Crippen molar-refractivity contribution in [3.63, 3.8) is 0 Å². The molecule has 120 valence electrons. The van der Waals surface area contributed by atoms with Crippen molar-refractivity contribution in [3.8, 4) is 11.5 Å². The Balaban J connectivity index is 2.27. The predicted molar refractivity (Wildman–Crippen MR) is 78.9 cm³/mol. The maximum atomic E-state index is 12.2. The quantitative estimate of drug-likeness (QED) is 0.460. The standard InChI is InChI=1S/C16H15NO6/c1-21-10-6-8-4-5-17-13(9(8)7-11(10)22-2)12(16(20)23-3)14(18)15(17)19/h6-7H,4-5H2,1-3H3. The summed E-state index contributed by atoms with van der Waals surface area (Å²) in [6, 6.07) is 3.46. The van der Waals surface area contributed by atoms with Gasteiger partial charge >= 0.3 is 5.97 Å². The molecule has 1 amide bonds. The van der Waals surface area contributed by atoms with Crippen LogP contribution in [0.15, 0.2) is 17.7 Å². The third-order valence-corrected chi connectivity index (χ3v) is 4.03. The molecule has 0 saturated carbocycles. The van der Waals surface area contributed by atoms with Gasteiger partial charge in [0.15, 0.2) is 11.5 Å². The number of methoxy groups -OCH3 is 3. The van der Waals surface area contributed by atoms with Crippen molar-refractivity contribution < 1.29 is 28.6 Å². The van der Waals surface area contributed by atoms with Crippen LogP contribution in [-0.4, -0.2) is 50.4 Å². The molecule has 23 heavy (non-hydrogen) atoms. The van der Waals surface area contributed by atoms with Crippen molar-refractivity contribution in [2.75, 3.05) is 27.9 Å². The first-order chi connectivity index (χ1) is 11.0. The van der Waals surface area contributed by atoms with Gasteiger partial charge in [-0.3, -0.25) is 9.59 Å². The number of hydrogen-bond donors (Lipinski definition) is 0. The van der Waals surface area contributed by atoms with E-state index in [0.29, 0.717) is 30.0 Å². The Morgan fingerprint density at radius 3 is 2.35 bits per heavy atom. The lowest BCUT2D eigenvalue weighted by atomic mass is 9.94. The maximum absolute atomic E-state index is 12.2. The summed E-state index contributed by atoms with van der Waals surface area (Å²) in [7, 11) is 4.20. The van der Waals surface area contributed by atoms with Gasteiger partial charge in [-0.25, -0.2) is 4.79 Å². The van der Waals surface area contributed by atoms with Crippen LogP contribution >= 0.6 is 0 Å². The third-order valence-electron chi connectivity index (χ3n) is 4.03. The van der Waals surface area contributed by atoms with E-state index in [4.69, 9.17) is 9.47 Å². The zero-order chi connectivity index (χ0) is 16.7. The number of fused-ring (bicyclic) bond motifs is 3. The largest absolute Gasteiger partial charge is 0.493 e. The van der Waals surface area contributed by atoms with Crippen LogP contribution in [0.25, 0.3) is 5.70 Å². The first-order valence-corrected chi connectivity index (χ1v) is 6.97. The molecule has 2 aliphatic rings. The van der Waals surface area contributed by atoms with Gasteiger partial charge in [0.2, 0.25) is 0 Å². The Hall–Kier alpha value is -2.83. The summed E-state index contributed by atoms with van der Waals surface area (Å²) in [5.74, 6) is -1.36. The molecule has 3 rings (SSSR count). The average molecular weight is 317 g/mol. The Morgan fingerprint density at radius 2 is 1.74 bits per heavy atom. The second kappa shape index (κ2) is 5.42. The van der Waals surface area contributed by atoms with Crippen molar-refractivity contribution in [1.82, 2.24) is 4.90 Å². The molecule has 0 aromatic heterocycles. The molecule has 7 heteroatoms. The van der Waals surface area contributed by atoms with Crippen LogP contribution in [0.1, 0.15) is 11.1 Å². The number of carbonyl (C=O) groups excluding carboxylic acids is 3. The fraction of sp³-hybridized carbons (Fsp3) is 0.312. The second-order valence-electron chi connectivity index (χ2n) is 5.12. The predicted octanol–water partition coefficient (Wildman–Crippen LogP) is 0.555. The SMILES string of the molecule is COC(=O)C1=C2c3cc(OC)c(OC)cc3CCN2C(=O)C1=O. The molecule has 1 aromatic carbocycles. The van der Waals surface area contributed by atoms with E-state index in [0.717, 1.165) is 5.56 Å². The molecule has 0 radical (unpaired) electrons. The third kappa shape index (κ3) is 2.08. The Bertz CT molecular complexity index is 764. The van der Waals surface area contributed by atoms with Crippen molar-refractivity contribution in [2.45, 2.75) is 6.42 Å². The van der Waals surface area contributed by atoms with Gasteiger partial charge in [-0.05, 0) is 24.1 Å². The lowest BCUT2D eigenvalue weighted by Gasteiger charge is -2.28. The van der Waals surface area contributed by atoms with Gasteiger partial charge in [-0.15, -0.1) is 0 Å². The summed E-state index contributed by atoms with van der Waals surface area (Å²) in [6.45, 7) is 0.322. The number of benzene rings is 1.